The second kappa shape index (κ2) is 6.21. The maximum absolute atomic E-state index is 5.64. The van der Waals surface area contributed by atoms with Gasteiger partial charge in [-0.25, -0.2) is 0 Å². The molecule has 100 valence electrons. The largest absolute Gasteiger partial charge is 0.379 e. The standard InChI is InChI=1S/C14H20INO2/c1-4-18-13-8-12(14(13)17-3)16-11-7-10(15)6-5-9(11)2/h5-7,12-14,16H,4,8H2,1-3H3. The van der Waals surface area contributed by atoms with Crippen LogP contribution in [0.4, 0.5) is 5.69 Å². The minimum atomic E-state index is 0.155. The highest BCUT2D eigenvalue weighted by Crippen LogP contribution is 2.31. The van der Waals surface area contributed by atoms with Crippen molar-refractivity contribution in [2.75, 3.05) is 19.0 Å². The van der Waals surface area contributed by atoms with Crippen LogP contribution >= 0.6 is 22.6 Å². The zero-order valence-electron chi connectivity index (χ0n) is 11.1. The number of anilines is 1. The van der Waals surface area contributed by atoms with Crippen molar-refractivity contribution in [1.29, 1.82) is 0 Å². The van der Waals surface area contributed by atoms with Crippen molar-refractivity contribution in [3.63, 3.8) is 0 Å². The summed E-state index contributed by atoms with van der Waals surface area (Å²) >= 11 is 2.34. The second-order valence-corrected chi connectivity index (χ2v) is 5.89. The van der Waals surface area contributed by atoms with E-state index < -0.39 is 0 Å². The van der Waals surface area contributed by atoms with Crippen molar-refractivity contribution >= 4 is 28.3 Å². The molecule has 0 bridgehead atoms. The molecule has 1 aromatic carbocycles. The van der Waals surface area contributed by atoms with Gasteiger partial charge in [-0.15, -0.1) is 0 Å². The van der Waals surface area contributed by atoms with Crippen LogP contribution in [0.15, 0.2) is 18.2 Å². The monoisotopic (exact) mass is 361 g/mol. The number of benzene rings is 1. The Kier molecular flexibility index (Phi) is 4.86. The van der Waals surface area contributed by atoms with E-state index in [0.29, 0.717) is 6.04 Å². The van der Waals surface area contributed by atoms with Crippen LogP contribution in [0, 0.1) is 10.5 Å². The molecule has 1 N–H and O–H groups in total. The van der Waals surface area contributed by atoms with Gasteiger partial charge in [0.05, 0.1) is 12.1 Å². The summed E-state index contributed by atoms with van der Waals surface area (Å²) in [4.78, 5) is 0. The fourth-order valence-corrected chi connectivity index (χ4v) is 2.86. The minimum Gasteiger partial charge on any atom is -0.379 e. The first kappa shape index (κ1) is 14.1. The van der Waals surface area contributed by atoms with E-state index in [1.54, 1.807) is 7.11 Å². The average molecular weight is 361 g/mol. The normalized spacial score (nSPS) is 26.8. The summed E-state index contributed by atoms with van der Waals surface area (Å²) in [6.07, 6.45) is 1.40. The molecule has 0 aliphatic heterocycles. The van der Waals surface area contributed by atoms with Crippen LogP contribution in [0.3, 0.4) is 0 Å². The molecule has 1 aromatic rings. The van der Waals surface area contributed by atoms with E-state index in [0.717, 1.165) is 13.0 Å². The number of aryl methyl sites for hydroxylation is 1. The van der Waals surface area contributed by atoms with E-state index in [1.807, 2.05) is 6.92 Å². The molecule has 0 saturated heterocycles. The molecule has 3 unspecified atom stereocenters. The Bertz CT molecular complexity index is 411. The predicted octanol–water partition coefficient (Wildman–Crippen LogP) is 3.20. The third kappa shape index (κ3) is 2.97. The number of nitrogens with one attached hydrogen (secondary N) is 1. The van der Waals surface area contributed by atoms with Crippen LogP contribution in [-0.4, -0.2) is 32.0 Å². The van der Waals surface area contributed by atoms with Crippen molar-refractivity contribution in [1.82, 2.24) is 0 Å². The lowest BCUT2D eigenvalue weighted by Gasteiger charge is -2.44. The molecule has 3 nitrogen and oxygen atoms in total. The molecule has 0 heterocycles. The van der Waals surface area contributed by atoms with Crippen molar-refractivity contribution < 1.29 is 9.47 Å². The Morgan fingerprint density at radius 3 is 2.89 bits per heavy atom. The summed E-state index contributed by atoms with van der Waals surface area (Å²) < 4.78 is 12.4. The number of hydrogen-bond donors (Lipinski definition) is 1. The quantitative estimate of drug-likeness (QED) is 0.818. The van der Waals surface area contributed by atoms with E-state index >= 15 is 0 Å². The summed E-state index contributed by atoms with van der Waals surface area (Å²) in [5.74, 6) is 0. The molecule has 0 radical (unpaired) electrons. The molecular weight excluding hydrogens is 341 g/mol. The molecule has 1 fully saturated rings. The fraction of sp³-hybridized carbons (Fsp3) is 0.571. The molecule has 0 amide bonds. The van der Waals surface area contributed by atoms with Gasteiger partial charge in [-0.2, -0.15) is 0 Å². The summed E-state index contributed by atoms with van der Waals surface area (Å²) in [5, 5.41) is 3.57. The summed E-state index contributed by atoms with van der Waals surface area (Å²) in [6.45, 7) is 4.90. The third-order valence-electron chi connectivity index (χ3n) is 3.44. The molecule has 1 aliphatic rings. The zero-order chi connectivity index (χ0) is 13.1. The van der Waals surface area contributed by atoms with E-state index in [-0.39, 0.29) is 12.2 Å². The Labute approximate surface area is 122 Å². The fourth-order valence-electron chi connectivity index (χ4n) is 2.37. The van der Waals surface area contributed by atoms with Gasteiger partial charge in [0.2, 0.25) is 0 Å². The molecule has 3 atom stereocenters. The van der Waals surface area contributed by atoms with Crippen molar-refractivity contribution in [2.24, 2.45) is 0 Å². The first-order valence-corrected chi connectivity index (χ1v) is 7.40. The Morgan fingerprint density at radius 1 is 1.44 bits per heavy atom. The molecule has 1 saturated carbocycles. The topological polar surface area (TPSA) is 30.5 Å². The highest BCUT2D eigenvalue weighted by Gasteiger charge is 2.42. The minimum absolute atomic E-state index is 0.155. The van der Waals surface area contributed by atoms with E-state index in [4.69, 9.17) is 9.47 Å². The van der Waals surface area contributed by atoms with E-state index in [2.05, 4.69) is 53.0 Å². The lowest BCUT2D eigenvalue weighted by molar-refractivity contribution is -0.118. The van der Waals surface area contributed by atoms with Crippen LogP contribution in [0.2, 0.25) is 0 Å². The zero-order valence-corrected chi connectivity index (χ0v) is 13.2. The Morgan fingerprint density at radius 2 is 2.22 bits per heavy atom. The maximum Gasteiger partial charge on any atom is 0.103 e. The smallest absolute Gasteiger partial charge is 0.103 e. The molecule has 2 rings (SSSR count). The number of hydrogen-bond acceptors (Lipinski definition) is 3. The van der Waals surface area contributed by atoms with Gasteiger partial charge in [0.15, 0.2) is 0 Å². The molecule has 1 aliphatic carbocycles. The number of rotatable bonds is 5. The summed E-state index contributed by atoms with van der Waals surface area (Å²) in [7, 11) is 1.76. The molecule has 0 spiro atoms. The predicted molar refractivity (Wildman–Crippen MR) is 82.1 cm³/mol. The Balaban J connectivity index is 2.00. The van der Waals surface area contributed by atoms with Gasteiger partial charge in [0.1, 0.15) is 6.10 Å². The van der Waals surface area contributed by atoms with Gasteiger partial charge in [0.25, 0.3) is 0 Å². The molecule has 0 aromatic heterocycles. The summed E-state index contributed by atoms with van der Waals surface area (Å²) in [5.41, 5.74) is 2.47. The average Bonchev–Trinajstić information content (AvgIpc) is 2.32. The van der Waals surface area contributed by atoms with Crippen molar-refractivity contribution in [2.45, 2.75) is 38.5 Å². The van der Waals surface area contributed by atoms with Gasteiger partial charge in [0, 0.05) is 23.0 Å². The molecular formula is C14H20INO2. The summed E-state index contributed by atoms with van der Waals surface area (Å²) in [6, 6.07) is 6.79. The van der Waals surface area contributed by atoms with Gasteiger partial charge in [-0.3, -0.25) is 0 Å². The maximum atomic E-state index is 5.64. The van der Waals surface area contributed by atoms with E-state index in [9.17, 15) is 0 Å². The first-order chi connectivity index (χ1) is 8.65. The van der Waals surface area contributed by atoms with Gasteiger partial charge in [-0.1, -0.05) is 6.07 Å². The highest BCUT2D eigenvalue weighted by atomic mass is 127. The first-order valence-electron chi connectivity index (χ1n) is 6.32. The number of ether oxygens (including phenoxy) is 2. The molecule has 4 heteroatoms. The third-order valence-corrected chi connectivity index (χ3v) is 4.11. The second-order valence-electron chi connectivity index (χ2n) is 4.64. The van der Waals surface area contributed by atoms with Crippen molar-refractivity contribution in [3.8, 4) is 0 Å². The number of methoxy groups -OCH3 is 1. The van der Waals surface area contributed by atoms with Crippen molar-refractivity contribution in [3.05, 3.63) is 27.3 Å². The molecule has 18 heavy (non-hydrogen) atoms. The van der Waals surface area contributed by atoms with E-state index in [1.165, 1.54) is 14.8 Å². The highest BCUT2D eigenvalue weighted by molar-refractivity contribution is 14.1. The Hall–Kier alpha value is -0.330. The number of halogens is 1. The van der Waals surface area contributed by atoms with Gasteiger partial charge in [-0.05, 0) is 60.6 Å². The van der Waals surface area contributed by atoms with Gasteiger partial charge >= 0.3 is 0 Å². The lowest BCUT2D eigenvalue weighted by atomic mass is 9.85. The SMILES string of the molecule is CCOC1CC(Nc2cc(I)ccc2C)C1OC. The van der Waals surface area contributed by atoms with Crippen LogP contribution < -0.4 is 5.32 Å². The lowest BCUT2D eigenvalue weighted by Crippen LogP contribution is -2.56. The van der Waals surface area contributed by atoms with Gasteiger partial charge < -0.3 is 14.8 Å². The van der Waals surface area contributed by atoms with Crippen LogP contribution in [0.5, 0.6) is 0 Å². The van der Waals surface area contributed by atoms with Crippen LogP contribution in [0.1, 0.15) is 18.9 Å². The van der Waals surface area contributed by atoms with Crippen LogP contribution in [0.25, 0.3) is 0 Å². The van der Waals surface area contributed by atoms with Crippen LogP contribution in [-0.2, 0) is 9.47 Å².